The lowest BCUT2D eigenvalue weighted by Crippen LogP contribution is -2.40. The summed E-state index contributed by atoms with van der Waals surface area (Å²) in [6, 6.07) is 0. The van der Waals surface area contributed by atoms with E-state index in [0.717, 1.165) is 17.0 Å². The summed E-state index contributed by atoms with van der Waals surface area (Å²) in [6.45, 7) is 6.24. The minimum atomic E-state index is -1.06. The Morgan fingerprint density at radius 2 is 2.13 bits per heavy atom. The van der Waals surface area contributed by atoms with Gasteiger partial charge in [-0.1, -0.05) is 0 Å². The van der Waals surface area contributed by atoms with Gasteiger partial charge in [-0.2, -0.15) is 5.10 Å². The fraction of sp³-hybridized carbons (Fsp3) is 0.700. The highest BCUT2D eigenvalue weighted by Crippen LogP contribution is 2.09. The molecule has 0 amide bonds. The van der Waals surface area contributed by atoms with Crippen LogP contribution in [-0.2, 0) is 6.54 Å². The molecule has 1 aromatic heterocycles. The van der Waals surface area contributed by atoms with Gasteiger partial charge in [-0.15, -0.1) is 0 Å². The molecule has 1 aromatic rings. The van der Waals surface area contributed by atoms with E-state index in [1.165, 1.54) is 0 Å². The van der Waals surface area contributed by atoms with Crippen molar-refractivity contribution in [1.29, 1.82) is 0 Å². The summed E-state index contributed by atoms with van der Waals surface area (Å²) in [5, 5.41) is 28.5. The third-order valence-electron chi connectivity index (χ3n) is 2.43. The van der Waals surface area contributed by atoms with E-state index in [1.54, 1.807) is 6.92 Å². The van der Waals surface area contributed by atoms with Gasteiger partial charge in [0.15, 0.2) is 0 Å². The van der Waals surface area contributed by atoms with E-state index in [9.17, 15) is 5.11 Å². The summed E-state index contributed by atoms with van der Waals surface area (Å²) in [7, 11) is 0. The number of H-pyrrole nitrogens is 1. The second kappa shape index (κ2) is 4.74. The molecule has 1 rings (SSSR count). The lowest BCUT2D eigenvalue weighted by molar-refractivity contribution is 0.00252. The van der Waals surface area contributed by atoms with Crippen LogP contribution in [0.3, 0.4) is 0 Å². The summed E-state index contributed by atoms with van der Waals surface area (Å²) >= 11 is 0. The first-order valence-corrected chi connectivity index (χ1v) is 5.00. The summed E-state index contributed by atoms with van der Waals surface area (Å²) < 4.78 is 0. The maximum Gasteiger partial charge on any atom is 0.0972 e. The molecule has 0 radical (unpaired) electrons. The molecule has 0 bridgehead atoms. The smallest absolute Gasteiger partial charge is 0.0972 e. The lowest BCUT2D eigenvalue weighted by Gasteiger charge is -2.20. The van der Waals surface area contributed by atoms with Crippen molar-refractivity contribution < 1.29 is 10.2 Å². The maximum atomic E-state index is 9.55. The van der Waals surface area contributed by atoms with Crippen molar-refractivity contribution in [3.8, 4) is 0 Å². The van der Waals surface area contributed by atoms with Gasteiger partial charge in [-0.05, 0) is 20.8 Å². The van der Waals surface area contributed by atoms with E-state index in [-0.39, 0.29) is 6.61 Å². The van der Waals surface area contributed by atoms with Crippen molar-refractivity contribution in [1.82, 2.24) is 15.5 Å². The fourth-order valence-corrected chi connectivity index (χ4v) is 1.35. The molecule has 15 heavy (non-hydrogen) atoms. The zero-order chi connectivity index (χ0) is 11.5. The molecule has 1 atom stereocenters. The second-order valence-electron chi connectivity index (χ2n) is 4.17. The normalized spacial score (nSPS) is 15.3. The first kappa shape index (κ1) is 12.2. The Morgan fingerprint density at radius 3 is 2.60 bits per heavy atom. The largest absolute Gasteiger partial charge is 0.393 e. The SMILES string of the molecule is Cc1n[nH]c(C)c1CNCC(C)(O)CO. The van der Waals surface area contributed by atoms with E-state index < -0.39 is 5.60 Å². The van der Waals surface area contributed by atoms with E-state index in [1.807, 2.05) is 13.8 Å². The van der Waals surface area contributed by atoms with E-state index in [0.29, 0.717) is 13.1 Å². The predicted molar refractivity (Wildman–Crippen MR) is 57.5 cm³/mol. The van der Waals surface area contributed by atoms with Crippen LogP contribution < -0.4 is 5.32 Å². The number of aromatic nitrogens is 2. The molecule has 0 fully saturated rings. The third kappa shape index (κ3) is 3.30. The van der Waals surface area contributed by atoms with Crippen molar-refractivity contribution >= 4 is 0 Å². The lowest BCUT2D eigenvalue weighted by atomic mass is 10.1. The Bertz CT molecular complexity index is 301. The Hall–Kier alpha value is -0.910. The molecule has 1 unspecified atom stereocenters. The van der Waals surface area contributed by atoms with Crippen LogP contribution in [0.25, 0.3) is 0 Å². The minimum Gasteiger partial charge on any atom is -0.393 e. The standard InChI is InChI=1S/C10H19N3O2/c1-7-9(8(2)13-12-7)4-11-5-10(3,15)6-14/h11,14-15H,4-6H2,1-3H3,(H,12,13). The highest BCUT2D eigenvalue weighted by atomic mass is 16.3. The number of hydrogen-bond acceptors (Lipinski definition) is 4. The van der Waals surface area contributed by atoms with Gasteiger partial charge in [0.05, 0.1) is 17.9 Å². The van der Waals surface area contributed by atoms with Gasteiger partial charge < -0.3 is 15.5 Å². The molecular formula is C10H19N3O2. The zero-order valence-electron chi connectivity index (χ0n) is 9.46. The van der Waals surface area contributed by atoms with Gasteiger partial charge in [0, 0.05) is 24.3 Å². The average Bonchev–Trinajstić information content (AvgIpc) is 2.49. The predicted octanol–water partition coefficient (Wildman–Crippen LogP) is -0.141. The molecule has 0 aliphatic rings. The topological polar surface area (TPSA) is 81.2 Å². The number of rotatable bonds is 5. The van der Waals surface area contributed by atoms with Gasteiger partial charge in [-0.3, -0.25) is 5.10 Å². The van der Waals surface area contributed by atoms with E-state index in [2.05, 4.69) is 15.5 Å². The summed E-state index contributed by atoms with van der Waals surface area (Å²) in [5.74, 6) is 0. The molecule has 5 heteroatoms. The first-order chi connectivity index (χ1) is 6.96. The van der Waals surface area contributed by atoms with Gasteiger partial charge in [-0.25, -0.2) is 0 Å². The number of aliphatic hydroxyl groups excluding tert-OH is 1. The Morgan fingerprint density at radius 1 is 1.47 bits per heavy atom. The number of nitrogens with zero attached hydrogens (tertiary/aromatic N) is 1. The molecular weight excluding hydrogens is 194 g/mol. The molecule has 4 N–H and O–H groups in total. The van der Waals surface area contributed by atoms with Crippen LogP contribution in [0.2, 0.25) is 0 Å². The summed E-state index contributed by atoms with van der Waals surface area (Å²) in [6.07, 6.45) is 0. The first-order valence-electron chi connectivity index (χ1n) is 5.00. The van der Waals surface area contributed by atoms with Crippen molar-refractivity contribution in [2.45, 2.75) is 32.9 Å². The van der Waals surface area contributed by atoms with Crippen molar-refractivity contribution in [2.24, 2.45) is 0 Å². The highest BCUT2D eigenvalue weighted by molar-refractivity contribution is 5.22. The van der Waals surface area contributed by atoms with Crippen LogP contribution in [-0.4, -0.2) is 39.2 Å². The average molecular weight is 213 g/mol. The van der Waals surface area contributed by atoms with E-state index >= 15 is 0 Å². The molecule has 1 heterocycles. The third-order valence-corrected chi connectivity index (χ3v) is 2.43. The molecule has 5 nitrogen and oxygen atoms in total. The number of hydrogen-bond donors (Lipinski definition) is 4. The molecule has 0 saturated carbocycles. The summed E-state index contributed by atoms with van der Waals surface area (Å²) in [4.78, 5) is 0. The molecule has 86 valence electrons. The monoisotopic (exact) mass is 213 g/mol. The number of nitrogens with one attached hydrogen (secondary N) is 2. The molecule has 0 aliphatic carbocycles. The fourth-order valence-electron chi connectivity index (χ4n) is 1.35. The Kier molecular flexibility index (Phi) is 3.84. The number of aliphatic hydroxyl groups is 2. The van der Waals surface area contributed by atoms with Crippen molar-refractivity contribution in [3.05, 3.63) is 17.0 Å². The number of aromatic amines is 1. The minimum absolute atomic E-state index is 0.247. The van der Waals surface area contributed by atoms with Crippen LogP contribution in [0.4, 0.5) is 0 Å². The van der Waals surface area contributed by atoms with Crippen LogP contribution >= 0.6 is 0 Å². The van der Waals surface area contributed by atoms with Crippen molar-refractivity contribution in [3.63, 3.8) is 0 Å². The van der Waals surface area contributed by atoms with Crippen molar-refractivity contribution in [2.75, 3.05) is 13.2 Å². The molecule has 0 aromatic carbocycles. The van der Waals surface area contributed by atoms with Crippen LogP contribution in [0.5, 0.6) is 0 Å². The number of aryl methyl sites for hydroxylation is 2. The van der Waals surface area contributed by atoms with Gasteiger partial charge in [0.25, 0.3) is 0 Å². The van der Waals surface area contributed by atoms with E-state index in [4.69, 9.17) is 5.11 Å². The molecule has 0 saturated heterocycles. The quantitative estimate of drug-likeness (QED) is 0.549. The van der Waals surface area contributed by atoms with Crippen LogP contribution in [0.15, 0.2) is 0 Å². The zero-order valence-corrected chi connectivity index (χ0v) is 9.46. The van der Waals surface area contributed by atoms with Gasteiger partial charge in [0.2, 0.25) is 0 Å². The highest BCUT2D eigenvalue weighted by Gasteiger charge is 2.18. The Labute approximate surface area is 89.5 Å². The molecule has 0 aliphatic heterocycles. The maximum absolute atomic E-state index is 9.55. The van der Waals surface area contributed by atoms with Gasteiger partial charge in [0.1, 0.15) is 0 Å². The van der Waals surface area contributed by atoms with Crippen LogP contribution in [0.1, 0.15) is 23.9 Å². The van der Waals surface area contributed by atoms with Crippen LogP contribution in [0, 0.1) is 13.8 Å². The molecule has 0 spiro atoms. The summed E-state index contributed by atoms with van der Waals surface area (Å²) in [5.41, 5.74) is 2.04. The Balaban J connectivity index is 2.45. The second-order valence-corrected chi connectivity index (χ2v) is 4.17. The van der Waals surface area contributed by atoms with Gasteiger partial charge >= 0.3 is 0 Å².